The van der Waals surface area contributed by atoms with Crippen LogP contribution in [0.2, 0.25) is 0 Å². The second-order valence-corrected chi connectivity index (χ2v) is 5.13. The van der Waals surface area contributed by atoms with E-state index in [0.717, 1.165) is 25.7 Å². The highest BCUT2D eigenvalue weighted by Crippen LogP contribution is 2.61. The van der Waals surface area contributed by atoms with E-state index in [1.807, 2.05) is 12.1 Å². The van der Waals surface area contributed by atoms with Gasteiger partial charge < -0.3 is 9.84 Å². The Morgan fingerprint density at radius 3 is 3.12 bits per heavy atom. The lowest BCUT2D eigenvalue weighted by molar-refractivity contribution is -0.142. The summed E-state index contributed by atoms with van der Waals surface area (Å²) in [6.45, 7) is 0. The fraction of sp³-hybridized carbons (Fsp3) is 0.500. The Balaban J connectivity index is 2.01. The highest BCUT2D eigenvalue weighted by Gasteiger charge is 2.60. The number of carbonyl (C=O) groups is 1. The Labute approximate surface area is 100 Å². The second kappa shape index (κ2) is 3.49. The SMILES string of the molecule is COC(=O)C1CC12CCCc1ccc(O)cc12. The fourth-order valence-electron chi connectivity index (χ4n) is 3.31. The summed E-state index contributed by atoms with van der Waals surface area (Å²) in [6.07, 6.45) is 4.07. The van der Waals surface area contributed by atoms with Crippen LogP contribution < -0.4 is 0 Å². The Morgan fingerprint density at radius 1 is 1.53 bits per heavy atom. The smallest absolute Gasteiger partial charge is 0.309 e. The number of aromatic hydroxyl groups is 1. The van der Waals surface area contributed by atoms with Gasteiger partial charge in [-0.2, -0.15) is 0 Å². The van der Waals surface area contributed by atoms with E-state index in [-0.39, 0.29) is 17.3 Å². The van der Waals surface area contributed by atoms with E-state index in [9.17, 15) is 9.90 Å². The monoisotopic (exact) mass is 232 g/mol. The average Bonchev–Trinajstić information content (AvgIpc) is 3.05. The molecular formula is C14H16O3. The number of carbonyl (C=O) groups excluding carboxylic acids is 1. The van der Waals surface area contributed by atoms with Crippen LogP contribution >= 0.6 is 0 Å². The van der Waals surface area contributed by atoms with Crippen molar-refractivity contribution in [2.45, 2.75) is 31.1 Å². The van der Waals surface area contributed by atoms with Crippen LogP contribution in [0.25, 0.3) is 0 Å². The van der Waals surface area contributed by atoms with Crippen LogP contribution in [-0.2, 0) is 21.4 Å². The minimum atomic E-state index is -0.110. The highest BCUT2D eigenvalue weighted by molar-refractivity contribution is 5.79. The van der Waals surface area contributed by atoms with Crippen LogP contribution in [0.3, 0.4) is 0 Å². The molecule has 1 aromatic rings. The molecule has 2 atom stereocenters. The summed E-state index contributed by atoms with van der Waals surface area (Å²) in [5.74, 6) is 0.176. The molecular weight excluding hydrogens is 216 g/mol. The molecule has 17 heavy (non-hydrogen) atoms. The predicted octanol–water partition coefficient (Wildman–Crippen LogP) is 2.16. The van der Waals surface area contributed by atoms with E-state index in [0.29, 0.717) is 5.75 Å². The molecule has 0 bridgehead atoms. The number of ether oxygens (including phenoxy) is 1. The molecule has 0 saturated heterocycles. The number of methoxy groups -OCH3 is 1. The number of hydrogen-bond acceptors (Lipinski definition) is 3. The van der Waals surface area contributed by atoms with Gasteiger partial charge in [0.15, 0.2) is 0 Å². The Morgan fingerprint density at radius 2 is 2.35 bits per heavy atom. The molecule has 0 heterocycles. The first-order valence-corrected chi connectivity index (χ1v) is 6.07. The number of rotatable bonds is 1. The zero-order valence-electron chi connectivity index (χ0n) is 9.90. The molecule has 1 saturated carbocycles. The van der Waals surface area contributed by atoms with E-state index < -0.39 is 0 Å². The number of hydrogen-bond donors (Lipinski definition) is 1. The van der Waals surface area contributed by atoms with E-state index >= 15 is 0 Å². The van der Waals surface area contributed by atoms with Crippen LogP contribution in [0.4, 0.5) is 0 Å². The van der Waals surface area contributed by atoms with Crippen molar-refractivity contribution in [3.05, 3.63) is 29.3 Å². The largest absolute Gasteiger partial charge is 0.508 e. The lowest BCUT2D eigenvalue weighted by atomic mass is 9.78. The van der Waals surface area contributed by atoms with E-state index in [2.05, 4.69) is 0 Å². The van der Waals surface area contributed by atoms with Crippen molar-refractivity contribution >= 4 is 5.97 Å². The van der Waals surface area contributed by atoms with Gasteiger partial charge in [-0.1, -0.05) is 6.07 Å². The van der Waals surface area contributed by atoms with E-state index in [1.54, 1.807) is 6.07 Å². The molecule has 90 valence electrons. The average molecular weight is 232 g/mol. The Bertz CT molecular complexity index is 480. The first-order valence-electron chi connectivity index (χ1n) is 6.07. The van der Waals surface area contributed by atoms with Gasteiger partial charge in [-0.05, 0) is 48.9 Å². The first-order chi connectivity index (χ1) is 8.17. The van der Waals surface area contributed by atoms with Gasteiger partial charge in [0, 0.05) is 5.41 Å². The van der Waals surface area contributed by atoms with Crippen molar-refractivity contribution in [2.75, 3.05) is 7.11 Å². The number of phenolic OH excluding ortho intramolecular Hbond substituents is 1. The molecule has 1 fully saturated rings. The molecule has 2 aliphatic carbocycles. The fourth-order valence-corrected chi connectivity index (χ4v) is 3.31. The van der Waals surface area contributed by atoms with E-state index in [1.165, 1.54) is 18.2 Å². The summed E-state index contributed by atoms with van der Waals surface area (Å²) in [5, 5.41) is 9.61. The van der Waals surface area contributed by atoms with Gasteiger partial charge in [0.05, 0.1) is 13.0 Å². The molecule has 1 spiro atoms. The third kappa shape index (κ3) is 1.45. The molecule has 1 aromatic carbocycles. The summed E-state index contributed by atoms with van der Waals surface area (Å²) < 4.78 is 4.85. The first kappa shape index (κ1) is 10.6. The summed E-state index contributed by atoms with van der Waals surface area (Å²) in [6, 6.07) is 5.54. The molecule has 2 aliphatic rings. The van der Waals surface area contributed by atoms with Gasteiger partial charge in [-0.25, -0.2) is 0 Å². The standard InChI is InChI=1S/C14H16O3/c1-17-13(16)12-8-14(12)6-2-3-9-4-5-10(15)7-11(9)14/h4-5,7,12,15H,2-3,6,8H2,1H3. The van der Waals surface area contributed by atoms with Crippen LogP contribution in [0.15, 0.2) is 18.2 Å². The van der Waals surface area contributed by atoms with Gasteiger partial charge in [-0.3, -0.25) is 4.79 Å². The molecule has 0 aromatic heterocycles. The number of phenols is 1. The van der Waals surface area contributed by atoms with Crippen molar-refractivity contribution in [1.29, 1.82) is 0 Å². The minimum Gasteiger partial charge on any atom is -0.508 e. The zero-order chi connectivity index (χ0) is 12.0. The van der Waals surface area contributed by atoms with Crippen molar-refractivity contribution in [3.63, 3.8) is 0 Å². The maximum absolute atomic E-state index is 11.7. The number of fused-ring (bicyclic) bond motifs is 2. The van der Waals surface area contributed by atoms with Gasteiger partial charge in [0.25, 0.3) is 0 Å². The molecule has 1 N–H and O–H groups in total. The maximum atomic E-state index is 11.7. The summed E-state index contributed by atoms with van der Waals surface area (Å²) in [5.41, 5.74) is 2.40. The summed E-state index contributed by atoms with van der Waals surface area (Å²) >= 11 is 0. The summed E-state index contributed by atoms with van der Waals surface area (Å²) in [7, 11) is 1.44. The minimum absolute atomic E-state index is 0.00616. The molecule has 3 heteroatoms. The zero-order valence-corrected chi connectivity index (χ0v) is 9.90. The third-order valence-corrected chi connectivity index (χ3v) is 4.26. The molecule has 0 radical (unpaired) electrons. The number of benzene rings is 1. The molecule has 0 aliphatic heterocycles. The van der Waals surface area contributed by atoms with E-state index in [4.69, 9.17) is 4.74 Å². The quantitative estimate of drug-likeness (QED) is 0.755. The number of aryl methyl sites for hydroxylation is 1. The Kier molecular flexibility index (Phi) is 2.18. The number of esters is 1. The van der Waals surface area contributed by atoms with Crippen molar-refractivity contribution in [3.8, 4) is 5.75 Å². The van der Waals surface area contributed by atoms with Crippen LogP contribution in [0.5, 0.6) is 5.75 Å². The van der Waals surface area contributed by atoms with Crippen LogP contribution in [0, 0.1) is 5.92 Å². The van der Waals surface area contributed by atoms with Crippen LogP contribution in [-0.4, -0.2) is 18.2 Å². The molecule has 3 rings (SSSR count). The molecule has 0 amide bonds. The van der Waals surface area contributed by atoms with Gasteiger partial charge in [0.2, 0.25) is 0 Å². The normalized spacial score (nSPS) is 29.8. The van der Waals surface area contributed by atoms with Crippen molar-refractivity contribution < 1.29 is 14.6 Å². The van der Waals surface area contributed by atoms with Crippen LogP contribution in [0.1, 0.15) is 30.4 Å². The third-order valence-electron chi connectivity index (χ3n) is 4.26. The Hall–Kier alpha value is -1.51. The van der Waals surface area contributed by atoms with Gasteiger partial charge in [0.1, 0.15) is 5.75 Å². The van der Waals surface area contributed by atoms with Crippen molar-refractivity contribution in [1.82, 2.24) is 0 Å². The summed E-state index contributed by atoms with van der Waals surface area (Å²) in [4.78, 5) is 11.7. The lowest BCUT2D eigenvalue weighted by Gasteiger charge is -2.26. The maximum Gasteiger partial charge on any atom is 0.309 e. The highest BCUT2D eigenvalue weighted by atomic mass is 16.5. The van der Waals surface area contributed by atoms with Crippen molar-refractivity contribution in [2.24, 2.45) is 5.92 Å². The topological polar surface area (TPSA) is 46.5 Å². The predicted molar refractivity (Wildman–Crippen MR) is 62.8 cm³/mol. The van der Waals surface area contributed by atoms with Gasteiger partial charge in [-0.15, -0.1) is 0 Å². The second-order valence-electron chi connectivity index (χ2n) is 5.13. The van der Waals surface area contributed by atoms with Gasteiger partial charge >= 0.3 is 5.97 Å². The molecule has 3 nitrogen and oxygen atoms in total. The lowest BCUT2D eigenvalue weighted by Crippen LogP contribution is -2.21. The molecule has 2 unspecified atom stereocenters.